The molecular weight excluding hydrogens is 246 g/mol. The van der Waals surface area contributed by atoms with Crippen molar-refractivity contribution in [1.82, 2.24) is 5.32 Å². The third-order valence-electron chi connectivity index (χ3n) is 4.89. The van der Waals surface area contributed by atoms with E-state index >= 15 is 0 Å². The van der Waals surface area contributed by atoms with Crippen LogP contribution in [0.25, 0.3) is 0 Å². The van der Waals surface area contributed by atoms with E-state index in [1.165, 1.54) is 56.1 Å². The molecule has 2 aliphatic rings. The zero-order chi connectivity index (χ0) is 13.8. The summed E-state index contributed by atoms with van der Waals surface area (Å²) in [5.74, 6) is 1.97. The van der Waals surface area contributed by atoms with Crippen molar-refractivity contribution in [2.24, 2.45) is 5.92 Å². The number of fused-ring (bicyclic) bond motifs is 1. The fourth-order valence-electron chi connectivity index (χ4n) is 3.53. The fourth-order valence-corrected chi connectivity index (χ4v) is 3.53. The fraction of sp³-hybridized carbons (Fsp3) is 0.667. The molecule has 1 aromatic rings. The molecule has 0 spiro atoms. The Morgan fingerprint density at radius 3 is 2.75 bits per heavy atom. The standard InChI is InChI=1S/C18H27NO/c1-14-5-8-17(9-6-14)19-11-12-20-18-10-7-15-3-2-4-16(15)13-18/h7,10,13-14,17,19H,2-6,8-9,11-12H2,1H3. The van der Waals surface area contributed by atoms with Crippen LogP contribution in [0.5, 0.6) is 5.75 Å². The maximum atomic E-state index is 5.88. The van der Waals surface area contributed by atoms with E-state index in [4.69, 9.17) is 4.74 Å². The van der Waals surface area contributed by atoms with Crippen LogP contribution in [-0.4, -0.2) is 19.2 Å². The van der Waals surface area contributed by atoms with Gasteiger partial charge in [0.25, 0.3) is 0 Å². The molecule has 1 N–H and O–H groups in total. The molecule has 2 aliphatic carbocycles. The number of nitrogens with one attached hydrogen (secondary N) is 1. The zero-order valence-corrected chi connectivity index (χ0v) is 12.7. The van der Waals surface area contributed by atoms with E-state index < -0.39 is 0 Å². The Morgan fingerprint density at radius 2 is 1.90 bits per heavy atom. The van der Waals surface area contributed by atoms with E-state index in [0.717, 1.165) is 30.9 Å². The zero-order valence-electron chi connectivity index (χ0n) is 12.7. The third-order valence-corrected chi connectivity index (χ3v) is 4.89. The van der Waals surface area contributed by atoms with Crippen molar-refractivity contribution >= 4 is 0 Å². The Bertz CT molecular complexity index is 435. The minimum atomic E-state index is 0.717. The van der Waals surface area contributed by atoms with Gasteiger partial charge in [-0.15, -0.1) is 0 Å². The first-order chi connectivity index (χ1) is 9.81. The minimum absolute atomic E-state index is 0.717. The lowest BCUT2D eigenvalue weighted by molar-refractivity contribution is 0.270. The van der Waals surface area contributed by atoms with Crippen LogP contribution in [0, 0.1) is 5.92 Å². The molecule has 0 unspecified atom stereocenters. The van der Waals surface area contributed by atoms with E-state index in [1.54, 1.807) is 0 Å². The summed E-state index contributed by atoms with van der Waals surface area (Å²) in [5.41, 5.74) is 3.02. The van der Waals surface area contributed by atoms with Crippen molar-refractivity contribution in [3.05, 3.63) is 29.3 Å². The van der Waals surface area contributed by atoms with Crippen LogP contribution >= 0.6 is 0 Å². The molecule has 20 heavy (non-hydrogen) atoms. The van der Waals surface area contributed by atoms with E-state index in [2.05, 4.69) is 30.4 Å². The quantitative estimate of drug-likeness (QED) is 0.826. The van der Waals surface area contributed by atoms with E-state index in [0.29, 0.717) is 0 Å². The van der Waals surface area contributed by atoms with Crippen LogP contribution < -0.4 is 10.1 Å². The molecular formula is C18H27NO. The van der Waals surface area contributed by atoms with Crippen LogP contribution in [-0.2, 0) is 12.8 Å². The summed E-state index contributed by atoms with van der Waals surface area (Å²) in [4.78, 5) is 0. The lowest BCUT2D eigenvalue weighted by atomic mass is 9.87. The van der Waals surface area contributed by atoms with Gasteiger partial charge in [-0.2, -0.15) is 0 Å². The topological polar surface area (TPSA) is 21.3 Å². The predicted molar refractivity (Wildman–Crippen MR) is 83.4 cm³/mol. The van der Waals surface area contributed by atoms with Crippen molar-refractivity contribution in [3.63, 3.8) is 0 Å². The van der Waals surface area contributed by atoms with Crippen LogP contribution in [0.2, 0.25) is 0 Å². The summed E-state index contributed by atoms with van der Waals surface area (Å²) < 4.78 is 5.88. The first kappa shape index (κ1) is 13.9. The highest BCUT2D eigenvalue weighted by molar-refractivity contribution is 5.38. The van der Waals surface area contributed by atoms with Crippen LogP contribution in [0.4, 0.5) is 0 Å². The predicted octanol–water partition coefficient (Wildman–Crippen LogP) is 3.72. The molecule has 110 valence electrons. The van der Waals surface area contributed by atoms with Gasteiger partial charge in [0.05, 0.1) is 0 Å². The van der Waals surface area contributed by atoms with Gasteiger partial charge in [0.1, 0.15) is 12.4 Å². The van der Waals surface area contributed by atoms with E-state index in [-0.39, 0.29) is 0 Å². The van der Waals surface area contributed by atoms with Crippen molar-refractivity contribution in [1.29, 1.82) is 0 Å². The molecule has 0 aliphatic heterocycles. The highest BCUT2D eigenvalue weighted by Crippen LogP contribution is 2.26. The third kappa shape index (κ3) is 3.54. The number of hydrogen-bond donors (Lipinski definition) is 1. The summed E-state index contributed by atoms with van der Waals surface area (Å²) >= 11 is 0. The first-order valence-corrected chi connectivity index (χ1v) is 8.29. The molecule has 1 fully saturated rings. The Kier molecular flexibility index (Phi) is 4.62. The van der Waals surface area contributed by atoms with Gasteiger partial charge >= 0.3 is 0 Å². The highest BCUT2D eigenvalue weighted by Gasteiger charge is 2.17. The first-order valence-electron chi connectivity index (χ1n) is 8.29. The summed E-state index contributed by atoms with van der Waals surface area (Å²) in [6.07, 6.45) is 9.20. The van der Waals surface area contributed by atoms with Gasteiger partial charge in [0, 0.05) is 12.6 Å². The molecule has 1 aromatic carbocycles. The molecule has 0 heterocycles. The molecule has 2 nitrogen and oxygen atoms in total. The molecule has 2 heteroatoms. The summed E-state index contributed by atoms with van der Waals surface area (Å²) in [7, 11) is 0. The number of ether oxygens (including phenoxy) is 1. The smallest absolute Gasteiger partial charge is 0.119 e. The number of rotatable bonds is 5. The van der Waals surface area contributed by atoms with Crippen molar-refractivity contribution in [3.8, 4) is 5.75 Å². The molecule has 0 atom stereocenters. The lowest BCUT2D eigenvalue weighted by Gasteiger charge is -2.27. The monoisotopic (exact) mass is 273 g/mol. The SMILES string of the molecule is CC1CCC(NCCOc2ccc3c(c2)CCC3)CC1. The Hall–Kier alpha value is -1.02. The molecule has 3 rings (SSSR count). The second kappa shape index (κ2) is 6.62. The van der Waals surface area contributed by atoms with Gasteiger partial charge in [-0.3, -0.25) is 0 Å². The maximum absolute atomic E-state index is 5.88. The Balaban J connectivity index is 1.37. The van der Waals surface area contributed by atoms with Gasteiger partial charge in [0.2, 0.25) is 0 Å². The molecule has 0 amide bonds. The number of benzene rings is 1. The summed E-state index contributed by atoms with van der Waals surface area (Å²) in [5, 5.41) is 3.64. The Morgan fingerprint density at radius 1 is 1.10 bits per heavy atom. The average Bonchev–Trinajstić information content (AvgIpc) is 2.93. The maximum Gasteiger partial charge on any atom is 0.119 e. The number of hydrogen-bond acceptors (Lipinski definition) is 2. The lowest BCUT2D eigenvalue weighted by Crippen LogP contribution is -2.35. The Labute approximate surface area is 122 Å². The van der Waals surface area contributed by atoms with Crippen LogP contribution in [0.15, 0.2) is 18.2 Å². The van der Waals surface area contributed by atoms with E-state index in [1.807, 2.05) is 0 Å². The van der Waals surface area contributed by atoms with Crippen LogP contribution in [0.1, 0.15) is 50.2 Å². The molecule has 1 saturated carbocycles. The van der Waals surface area contributed by atoms with Crippen molar-refractivity contribution in [2.45, 2.75) is 57.9 Å². The minimum Gasteiger partial charge on any atom is -0.492 e. The molecule has 0 radical (unpaired) electrons. The van der Waals surface area contributed by atoms with Crippen molar-refractivity contribution < 1.29 is 4.74 Å². The molecule has 0 bridgehead atoms. The van der Waals surface area contributed by atoms with Gasteiger partial charge in [0.15, 0.2) is 0 Å². The van der Waals surface area contributed by atoms with Crippen molar-refractivity contribution in [2.75, 3.05) is 13.2 Å². The second-order valence-corrected chi connectivity index (χ2v) is 6.54. The average molecular weight is 273 g/mol. The van der Waals surface area contributed by atoms with Crippen LogP contribution in [0.3, 0.4) is 0 Å². The van der Waals surface area contributed by atoms with Gasteiger partial charge in [-0.05, 0) is 74.1 Å². The second-order valence-electron chi connectivity index (χ2n) is 6.54. The van der Waals surface area contributed by atoms with Gasteiger partial charge in [-0.25, -0.2) is 0 Å². The number of aryl methyl sites for hydroxylation is 2. The summed E-state index contributed by atoms with van der Waals surface area (Å²) in [6.45, 7) is 4.12. The normalized spacial score (nSPS) is 25.4. The van der Waals surface area contributed by atoms with Gasteiger partial charge in [-0.1, -0.05) is 13.0 Å². The van der Waals surface area contributed by atoms with Gasteiger partial charge < -0.3 is 10.1 Å². The summed E-state index contributed by atoms with van der Waals surface area (Å²) in [6, 6.07) is 7.33. The largest absolute Gasteiger partial charge is 0.492 e. The molecule has 0 saturated heterocycles. The molecule has 0 aromatic heterocycles. The van der Waals surface area contributed by atoms with E-state index in [9.17, 15) is 0 Å². The highest BCUT2D eigenvalue weighted by atomic mass is 16.5.